The quantitative estimate of drug-likeness (QED) is 0.899. The van der Waals surface area contributed by atoms with E-state index < -0.39 is 0 Å². The molecule has 0 saturated carbocycles. The molecule has 1 aromatic carbocycles. The summed E-state index contributed by atoms with van der Waals surface area (Å²) in [6.07, 6.45) is 3.65. The molecule has 0 radical (unpaired) electrons. The summed E-state index contributed by atoms with van der Waals surface area (Å²) in [4.78, 5) is 2.53. The van der Waals surface area contributed by atoms with Crippen LogP contribution in [0.25, 0.3) is 0 Å². The van der Waals surface area contributed by atoms with E-state index in [4.69, 9.17) is 4.74 Å². The lowest BCUT2D eigenvalue weighted by Gasteiger charge is -2.53. The summed E-state index contributed by atoms with van der Waals surface area (Å²) in [6.45, 7) is 9.86. The Balaban J connectivity index is 1.62. The van der Waals surface area contributed by atoms with Gasteiger partial charge in [-0.2, -0.15) is 0 Å². The van der Waals surface area contributed by atoms with Crippen molar-refractivity contribution in [2.24, 2.45) is 5.41 Å². The van der Waals surface area contributed by atoms with E-state index in [2.05, 4.69) is 48.3 Å². The lowest BCUT2D eigenvalue weighted by atomic mass is 9.73. The van der Waals surface area contributed by atoms with Gasteiger partial charge in [-0.15, -0.1) is 0 Å². The molecule has 2 aliphatic rings. The molecule has 116 valence electrons. The Kier molecular flexibility index (Phi) is 4.51. The molecule has 0 bridgehead atoms. The molecule has 1 unspecified atom stereocenters. The van der Waals surface area contributed by atoms with Gasteiger partial charge in [0.25, 0.3) is 0 Å². The van der Waals surface area contributed by atoms with Crippen LogP contribution >= 0.6 is 0 Å². The third-order valence-corrected chi connectivity index (χ3v) is 5.04. The number of ether oxygens (including phenoxy) is 1. The predicted octanol–water partition coefficient (Wildman–Crippen LogP) is 3.36. The highest BCUT2D eigenvalue weighted by atomic mass is 16.5. The number of nitrogens with one attached hydrogen (secondary N) is 1. The molecule has 0 amide bonds. The minimum absolute atomic E-state index is 0.434. The summed E-state index contributed by atoms with van der Waals surface area (Å²) >= 11 is 0. The minimum Gasteiger partial charge on any atom is -0.381 e. The van der Waals surface area contributed by atoms with Crippen LogP contribution in [-0.2, 0) is 4.74 Å². The molecule has 3 rings (SSSR count). The average Bonchev–Trinajstić information content (AvgIpc) is 2.51. The molecule has 0 aromatic heterocycles. The van der Waals surface area contributed by atoms with Crippen LogP contribution in [0.4, 0.5) is 5.69 Å². The van der Waals surface area contributed by atoms with Crippen molar-refractivity contribution in [1.29, 1.82) is 0 Å². The number of rotatable bonds is 5. The van der Waals surface area contributed by atoms with Crippen molar-refractivity contribution in [1.82, 2.24) is 5.32 Å². The smallest absolute Gasteiger partial charge is 0.0472 e. The second kappa shape index (κ2) is 6.37. The standard InChI is InChI=1S/C18H28N2O/c1-3-9-19-15(2)16-5-4-6-17(12-16)20-13-18(14-20)7-10-21-11-8-18/h4-6,12,15,19H,3,7-11,13-14H2,1-2H3. The van der Waals surface area contributed by atoms with Crippen molar-refractivity contribution in [3.05, 3.63) is 29.8 Å². The predicted molar refractivity (Wildman–Crippen MR) is 87.8 cm³/mol. The summed E-state index contributed by atoms with van der Waals surface area (Å²) in [7, 11) is 0. The highest BCUT2D eigenvalue weighted by molar-refractivity contribution is 5.52. The summed E-state index contributed by atoms with van der Waals surface area (Å²) in [5.74, 6) is 0. The van der Waals surface area contributed by atoms with Crippen molar-refractivity contribution in [2.45, 2.75) is 39.2 Å². The van der Waals surface area contributed by atoms with Gasteiger partial charge in [0.05, 0.1) is 0 Å². The van der Waals surface area contributed by atoms with Crippen LogP contribution < -0.4 is 10.2 Å². The minimum atomic E-state index is 0.434. The first-order valence-corrected chi connectivity index (χ1v) is 8.38. The maximum Gasteiger partial charge on any atom is 0.0472 e. The fourth-order valence-electron chi connectivity index (χ4n) is 3.54. The number of hydrogen-bond acceptors (Lipinski definition) is 3. The third-order valence-electron chi connectivity index (χ3n) is 5.04. The first-order valence-electron chi connectivity index (χ1n) is 8.38. The summed E-state index contributed by atoms with van der Waals surface area (Å²) in [6, 6.07) is 9.48. The number of hydrogen-bond donors (Lipinski definition) is 1. The van der Waals surface area contributed by atoms with Crippen LogP contribution in [0.15, 0.2) is 24.3 Å². The van der Waals surface area contributed by atoms with Crippen LogP contribution in [-0.4, -0.2) is 32.8 Å². The molecule has 3 nitrogen and oxygen atoms in total. The molecule has 2 aliphatic heterocycles. The maximum atomic E-state index is 5.50. The van der Waals surface area contributed by atoms with Crippen LogP contribution in [0.2, 0.25) is 0 Å². The van der Waals surface area contributed by atoms with Crippen molar-refractivity contribution >= 4 is 5.69 Å². The van der Waals surface area contributed by atoms with E-state index in [9.17, 15) is 0 Å². The van der Waals surface area contributed by atoms with Crippen molar-refractivity contribution < 1.29 is 4.74 Å². The summed E-state index contributed by atoms with van der Waals surface area (Å²) in [5, 5.41) is 3.57. The van der Waals surface area contributed by atoms with Crippen LogP contribution in [0.3, 0.4) is 0 Å². The normalized spacial score (nSPS) is 22.1. The van der Waals surface area contributed by atoms with E-state index in [-0.39, 0.29) is 0 Å². The van der Waals surface area contributed by atoms with Crippen molar-refractivity contribution in [2.75, 3.05) is 37.7 Å². The van der Waals surface area contributed by atoms with E-state index in [0.717, 1.165) is 19.8 Å². The summed E-state index contributed by atoms with van der Waals surface area (Å²) < 4.78 is 5.50. The van der Waals surface area contributed by atoms with E-state index >= 15 is 0 Å². The Morgan fingerprint density at radius 1 is 1.29 bits per heavy atom. The zero-order valence-corrected chi connectivity index (χ0v) is 13.4. The van der Waals surface area contributed by atoms with Crippen molar-refractivity contribution in [3.63, 3.8) is 0 Å². The highest BCUT2D eigenvalue weighted by Gasteiger charge is 2.43. The monoisotopic (exact) mass is 288 g/mol. The molecule has 2 heterocycles. The number of nitrogens with zero attached hydrogens (tertiary/aromatic N) is 1. The molecule has 1 spiro atoms. The number of anilines is 1. The molecule has 1 N–H and O–H groups in total. The molecular weight excluding hydrogens is 260 g/mol. The fraction of sp³-hybridized carbons (Fsp3) is 0.667. The Bertz CT molecular complexity index is 460. The summed E-state index contributed by atoms with van der Waals surface area (Å²) in [5.41, 5.74) is 3.32. The van der Waals surface area contributed by atoms with Gasteiger partial charge in [-0.05, 0) is 50.4 Å². The van der Waals surface area contributed by atoms with Gasteiger partial charge >= 0.3 is 0 Å². The van der Waals surface area contributed by atoms with Gasteiger partial charge in [-0.1, -0.05) is 19.1 Å². The Morgan fingerprint density at radius 3 is 2.76 bits per heavy atom. The Hall–Kier alpha value is -1.06. The first kappa shape index (κ1) is 14.9. The van der Waals surface area contributed by atoms with E-state index in [1.54, 1.807) is 0 Å². The lowest BCUT2D eigenvalue weighted by Crippen LogP contribution is -2.58. The zero-order valence-electron chi connectivity index (χ0n) is 13.4. The molecule has 0 aliphatic carbocycles. The van der Waals surface area contributed by atoms with E-state index in [0.29, 0.717) is 11.5 Å². The SMILES string of the molecule is CCCNC(C)c1cccc(N2CC3(CCOCC3)C2)c1. The molecule has 2 saturated heterocycles. The van der Waals surface area contributed by atoms with Crippen LogP contribution in [0, 0.1) is 5.41 Å². The van der Waals surface area contributed by atoms with Gasteiger partial charge in [0.2, 0.25) is 0 Å². The zero-order chi connectivity index (χ0) is 14.7. The molecular formula is C18H28N2O. The van der Waals surface area contributed by atoms with Crippen LogP contribution in [0.5, 0.6) is 0 Å². The maximum absolute atomic E-state index is 5.50. The Morgan fingerprint density at radius 2 is 2.05 bits per heavy atom. The van der Waals surface area contributed by atoms with E-state index in [1.165, 1.54) is 43.6 Å². The van der Waals surface area contributed by atoms with Gasteiger partial charge in [-0.3, -0.25) is 0 Å². The second-order valence-corrected chi connectivity index (χ2v) is 6.74. The third kappa shape index (κ3) is 3.24. The second-order valence-electron chi connectivity index (χ2n) is 6.74. The molecule has 2 fully saturated rings. The first-order chi connectivity index (χ1) is 10.2. The average molecular weight is 288 g/mol. The number of benzene rings is 1. The molecule has 1 atom stereocenters. The van der Waals surface area contributed by atoms with Crippen molar-refractivity contribution in [3.8, 4) is 0 Å². The van der Waals surface area contributed by atoms with Gasteiger partial charge in [0.1, 0.15) is 0 Å². The fourth-order valence-corrected chi connectivity index (χ4v) is 3.54. The van der Waals surface area contributed by atoms with E-state index in [1.807, 2.05) is 0 Å². The molecule has 1 aromatic rings. The van der Waals surface area contributed by atoms with Gasteiger partial charge in [-0.25, -0.2) is 0 Å². The lowest BCUT2D eigenvalue weighted by molar-refractivity contribution is -0.000196. The van der Waals surface area contributed by atoms with Gasteiger partial charge in [0, 0.05) is 43.4 Å². The largest absolute Gasteiger partial charge is 0.381 e. The molecule has 21 heavy (non-hydrogen) atoms. The van der Waals surface area contributed by atoms with Gasteiger partial charge < -0.3 is 15.0 Å². The van der Waals surface area contributed by atoms with Crippen LogP contribution in [0.1, 0.15) is 44.7 Å². The molecule has 3 heteroatoms. The van der Waals surface area contributed by atoms with Gasteiger partial charge in [0.15, 0.2) is 0 Å². The topological polar surface area (TPSA) is 24.5 Å². The highest BCUT2D eigenvalue weighted by Crippen LogP contribution is 2.42. The Labute approximate surface area is 128 Å².